The fraction of sp³-hybridized carbons (Fsp3) is 0.182. The number of thiazole rings is 1. The number of aryl methyl sites for hydroxylation is 1. The summed E-state index contributed by atoms with van der Waals surface area (Å²) >= 11 is 6.53. The van der Waals surface area contributed by atoms with Gasteiger partial charge in [-0.1, -0.05) is 12.2 Å². The van der Waals surface area contributed by atoms with Gasteiger partial charge in [0.15, 0.2) is 0 Å². The lowest BCUT2D eigenvalue weighted by Gasteiger charge is -2.07. The summed E-state index contributed by atoms with van der Waals surface area (Å²) in [4.78, 5) is 8.94. The number of nitrogens with one attached hydrogen (secondary N) is 1. The summed E-state index contributed by atoms with van der Waals surface area (Å²) in [5.74, 6) is 0.765. The average molecular weight is 264 g/mol. The van der Waals surface area contributed by atoms with Crippen molar-refractivity contribution in [1.29, 1.82) is 0 Å². The molecule has 0 unspecified atom stereocenters. The number of nitrogens with zero attached hydrogens (tertiary/aromatic N) is 2. The molecule has 0 bridgehead atoms. The predicted molar refractivity (Wildman–Crippen MR) is 74.3 cm³/mol. The molecular weight excluding hydrogens is 252 g/mol. The molecule has 3 N–H and O–H groups in total. The topological polar surface area (TPSA) is 63.8 Å². The number of anilines is 1. The second kappa shape index (κ2) is 5.20. The van der Waals surface area contributed by atoms with Gasteiger partial charge < -0.3 is 11.1 Å². The van der Waals surface area contributed by atoms with Crippen LogP contribution in [0.15, 0.2) is 23.0 Å². The minimum atomic E-state index is 0.382. The number of hydrogen-bond donors (Lipinski definition) is 2. The lowest BCUT2D eigenvalue weighted by molar-refractivity contribution is 1.04. The molecule has 0 fully saturated rings. The number of hydrogen-bond acceptors (Lipinski definition) is 5. The van der Waals surface area contributed by atoms with Gasteiger partial charge in [-0.05, 0) is 19.1 Å². The van der Waals surface area contributed by atoms with Crippen LogP contribution in [0.1, 0.15) is 17.0 Å². The SMILES string of the molecule is Cc1cc(C(N)=S)cc(NCc2cscn2)n1. The largest absolute Gasteiger partial charge is 0.389 e. The highest BCUT2D eigenvalue weighted by molar-refractivity contribution is 7.80. The maximum Gasteiger partial charge on any atom is 0.127 e. The molecular formula is C11H12N4S2. The van der Waals surface area contributed by atoms with Crippen LogP contribution in [0.25, 0.3) is 0 Å². The molecule has 6 heteroatoms. The molecule has 0 saturated carbocycles. The second-order valence-corrected chi connectivity index (χ2v) is 4.74. The number of thiocarbonyl (C=S) groups is 1. The highest BCUT2D eigenvalue weighted by Gasteiger charge is 2.03. The number of nitrogens with two attached hydrogens (primary N) is 1. The van der Waals surface area contributed by atoms with Crippen LogP contribution in [-0.4, -0.2) is 15.0 Å². The van der Waals surface area contributed by atoms with E-state index in [1.165, 1.54) is 0 Å². The molecule has 0 radical (unpaired) electrons. The zero-order chi connectivity index (χ0) is 12.3. The fourth-order valence-corrected chi connectivity index (χ4v) is 2.08. The van der Waals surface area contributed by atoms with Crippen molar-refractivity contribution in [2.24, 2.45) is 5.73 Å². The Labute approximate surface area is 109 Å². The van der Waals surface area contributed by atoms with Crippen molar-refractivity contribution in [2.75, 3.05) is 5.32 Å². The van der Waals surface area contributed by atoms with Gasteiger partial charge in [0.25, 0.3) is 0 Å². The highest BCUT2D eigenvalue weighted by atomic mass is 32.1. The first-order chi connectivity index (χ1) is 8.15. The Morgan fingerprint density at radius 1 is 1.53 bits per heavy atom. The molecule has 2 aromatic rings. The van der Waals surface area contributed by atoms with Gasteiger partial charge in [0.2, 0.25) is 0 Å². The molecule has 0 aromatic carbocycles. The van der Waals surface area contributed by atoms with Gasteiger partial charge in [0, 0.05) is 16.6 Å². The van der Waals surface area contributed by atoms with E-state index in [0.29, 0.717) is 11.5 Å². The quantitative estimate of drug-likeness (QED) is 0.828. The third-order valence-electron chi connectivity index (χ3n) is 2.17. The van der Waals surface area contributed by atoms with E-state index < -0.39 is 0 Å². The molecule has 0 saturated heterocycles. The highest BCUT2D eigenvalue weighted by Crippen LogP contribution is 2.11. The van der Waals surface area contributed by atoms with E-state index in [0.717, 1.165) is 22.8 Å². The van der Waals surface area contributed by atoms with Crippen LogP contribution in [-0.2, 0) is 6.54 Å². The first kappa shape index (κ1) is 11.9. The molecule has 0 aliphatic heterocycles. The molecule has 0 amide bonds. The molecule has 0 aliphatic carbocycles. The Balaban J connectivity index is 2.13. The molecule has 2 heterocycles. The zero-order valence-corrected chi connectivity index (χ0v) is 10.9. The Morgan fingerprint density at radius 2 is 2.35 bits per heavy atom. The predicted octanol–water partition coefficient (Wildman–Crippen LogP) is 2.09. The normalized spacial score (nSPS) is 10.2. The maximum atomic E-state index is 5.61. The summed E-state index contributed by atoms with van der Waals surface area (Å²) in [6, 6.07) is 3.72. The summed E-state index contributed by atoms with van der Waals surface area (Å²) in [6.07, 6.45) is 0. The molecule has 0 aliphatic rings. The van der Waals surface area contributed by atoms with Crippen LogP contribution in [0, 0.1) is 6.92 Å². The van der Waals surface area contributed by atoms with Crippen molar-refractivity contribution in [3.05, 3.63) is 40.0 Å². The van der Waals surface area contributed by atoms with E-state index in [-0.39, 0.29) is 0 Å². The van der Waals surface area contributed by atoms with Crippen molar-refractivity contribution in [3.8, 4) is 0 Å². The molecule has 0 atom stereocenters. The van der Waals surface area contributed by atoms with Crippen LogP contribution >= 0.6 is 23.6 Å². The lowest BCUT2D eigenvalue weighted by atomic mass is 10.2. The molecule has 2 rings (SSSR count). The van der Waals surface area contributed by atoms with Gasteiger partial charge in [-0.3, -0.25) is 0 Å². The third-order valence-corrected chi connectivity index (χ3v) is 3.04. The Morgan fingerprint density at radius 3 is 3.00 bits per heavy atom. The number of rotatable bonds is 4. The van der Waals surface area contributed by atoms with Crippen molar-refractivity contribution < 1.29 is 0 Å². The Bertz CT molecular complexity index is 522. The lowest BCUT2D eigenvalue weighted by Crippen LogP contribution is -2.11. The second-order valence-electron chi connectivity index (χ2n) is 3.58. The number of pyridine rings is 1. The fourth-order valence-electron chi connectivity index (χ4n) is 1.41. The smallest absolute Gasteiger partial charge is 0.127 e. The molecule has 17 heavy (non-hydrogen) atoms. The van der Waals surface area contributed by atoms with Crippen LogP contribution in [0.4, 0.5) is 5.82 Å². The molecule has 0 spiro atoms. The van der Waals surface area contributed by atoms with E-state index in [1.807, 2.05) is 24.4 Å². The van der Waals surface area contributed by atoms with Gasteiger partial charge in [-0.15, -0.1) is 11.3 Å². The van der Waals surface area contributed by atoms with Crippen molar-refractivity contribution in [2.45, 2.75) is 13.5 Å². The van der Waals surface area contributed by atoms with Gasteiger partial charge in [-0.2, -0.15) is 0 Å². The van der Waals surface area contributed by atoms with Crippen LogP contribution in [0.2, 0.25) is 0 Å². The minimum Gasteiger partial charge on any atom is -0.389 e. The summed E-state index contributed by atoms with van der Waals surface area (Å²) in [5, 5.41) is 5.20. The van der Waals surface area contributed by atoms with Crippen LogP contribution < -0.4 is 11.1 Å². The first-order valence-corrected chi connectivity index (χ1v) is 6.39. The van der Waals surface area contributed by atoms with E-state index in [9.17, 15) is 0 Å². The third kappa shape index (κ3) is 3.21. The van der Waals surface area contributed by atoms with Crippen molar-refractivity contribution in [3.63, 3.8) is 0 Å². The summed E-state index contributed by atoms with van der Waals surface area (Å²) in [6.45, 7) is 2.56. The first-order valence-electron chi connectivity index (χ1n) is 5.04. The maximum absolute atomic E-state index is 5.61. The van der Waals surface area contributed by atoms with E-state index >= 15 is 0 Å². The van der Waals surface area contributed by atoms with Gasteiger partial charge in [0.1, 0.15) is 10.8 Å². The minimum absolute atomic E-state index is 0.382. The molecule has 2 aromatic heterocycles. The Kier molecular flexibility index (Phi) is 3.65. The number of aromatic nitrogens is 2. The van der Waals surface area contributed by atoms with Gasteiger partial charge in [0.05, 0.1) is 17.7 Å². The van der Waals surface area contributed by atoms with Crippen molar-refractivity contribution in [1.82, 2.24) is 9.97 Å². The summed E-state index contributed by atoms with van der Waals surface area (Å²) < 4.78 is 0. The van der Waals surface area contributed by atoms with Crippen molar-refractivity contribution >= 4 is 34.4 Å². The Hall–Kier alpha value is -1.53. The standard InChI is InChI=1S/C11H12N4S2/c1-7-2-8(11(12)16)3-10(15-7)13-4-9-5-17-6-14-9/h2-3,5-6H,4H2,1H3,(H2,12,16)(H,13,15). The van der Waals surface area contributed by atoms with Crippen LogP contribution in [0.3, 0.4) is 0 Å². The van der Waals surface area contributed by atoms with Gasteiger partial charge >= 0.3 is 0 Å². The zero-order valence-electron chi connectivity index (χ0n) is 9.30. The van der Waals surface area contributed by atoms with Crippen LogP contribution in [0.5, 0.6) is 0 Å². The monoisotopic (exact) mass is 264 g/mol. The van der Waals surface area contributed by atoms with E-state index in [4.69, 9.17) is 18.0 Å². The average Bonchev–Trinajstić information content (AvgIpc) is 2.78. The summed E-state index contributed by atoms with van der Waals surface area (Å²) in [7, 11) is 0. The van der Waals surface area contributed by atoms with E-state index in [1.54, 1.807) is 16.8 Å². The van der Waals surface area contributed by atoms with Gasteiger partial charge in [-0.25, -0.2) is 9.97 Å². The molecule has 88 valence electrons. The summed E-state index contributed by atoms with van der Waals surface area (Å²) in [5.41, 5.74) is 10.1. The van der Waals surface area contributed by atoms with E-state index in [2.05, 4.69) is 15.3 Å². The molecule has 4 nitrogen and oxygen atoms in total.